The van der Waals surface area contributed by atoms with Gasteiger partial charge in [0.2, 0.25) is 6.79 Å². The maximum atomic E-state index is 12.0. The van der Waals surface area contributed by atoms with Crippen LogP contribution in [0.1, 0.15) is 15.9 Å². The Hall–Kier alpha value is -3.28. The third-order valence-electron chi connectivity index (χ3n) is 3.38. The fourth-order valence-electron chi connectivity index (χ4n) is 2.19. The lowest BCUT2D eigenvalue weighted by Gasteiger charge is -2.02. The summed E-state index contributed by atoms with van der Waals surface area (Å²) in [4.78, 5) is 12.0. The Labute approximate surface area is 139 Å². The largest absolute Gasteiger partial charge is 0.496 e. The summed E-state index contributed by atoms with van der Waals surface area (Å²) in [7, 11) is 1.62. The van der Waals surface area contributed by atoms with Gasteiger partial charge in [-0.2, -0.15) is 5.10 Å². The van der Waals surface area contributed by atoms with Crippen LogP contribution < -0.4 is 19.6 Å². The molecule has 0 atom stereocenters. The summed E-state index contributed by atoms with van der Waals surface area (Å²) in [5, 5.41) is 3.89. The highest BCUT2D eigenvalue weighted by Gasteiger charge is 2.15. The Balaban J connectivity index is 1.58. The number of nitrogens with one attached hydrogen (secondary N) is 1. The molecule has 1 aliphatic rings. The summed E-state index contributed by atoms with van der Waals surface area (Å²) in [6.07, 6.45) is 5.06. The first-order chi connectivity index (χ1) is 11.8. The Bertz CT molecular complexity index is 799. The minimum absolute atomic E-state index is 0.173. The lowest BCUT2D eigenvalue weighted by molar-refractivity contribution is 0.0954. The number of para-hydroxylation sites is 1. The fourth-order valence-corrected chi connectivity index (χ4v) is 2.19. The highest BCUT2D eigenvalue weighted by molar-refractivity contribution is 5.95. The Morgan fingerprint density at radius 2 is 2.04 bits per heavy atom. The second-order valence-corrected chi connectivity index (χ2v) is 4.89. The van der Waals surface area contributed by atoms with Crippen LogP contribution in [-0.2, 0) is 0 Å². The summed E-state index contributed by atoms with van der Waals surface area (Å²) in [6, 6.07) is 12.6. The number of nitrogens with zero attached hydrogens (tertiary/aromatic N) is 1. The standard InChI is InChI=1S/C18H16N2O4/c1-22-15-7-3-2-5-13(15)6-4-10-19-20-18(21)14-8-9-16-17(11-14)24-12-23-16/h2-11H,12H2,1H3,(H,20,21)/b6-4+,19-10-. The van der Waals surface area contributed by atoms with Gasteiger partial charge in [0.1, 0.15) is 5.75 Å². The molecule has 0 aliphatic carbocycles. The third kappa shape index (κ3) is 3.55. The average molecular weight is 324 g/mol. The molecule has 24 heavy (non-hydrogen) atoms. The van der Waals surface area contributed by atoms with Crippen molar-refractivity contribution in [2.75, 3.05) is 13.9 Å². The van der Waals surface area contributed by atoms with Gasteiger partial charge in [-0.25, -0.2) is 5.43 Å². The quantitative estimate of drug-likeness (QED) is 0.678. The summed E-state index contributed by atoms with van der Waals surface area (Å²) >= 11 is 0. The van der Waals surface area contributed by atoms with E-state index in [1.54, 1.807) is 31.4 Å². The summed E-state index contributed by atoms with van der Waals surface area (Å²) in [6.45, 7) is 0.173. The van der Waals surface area contributed by atoms with Crippen LogP contribution in [0.3, 0.4) is 0 Å². The summed E-state index contributed by atoms with van der Waals surface area (Å²) < 4.78 is 15.7. The van der Waals surface area contributed by atoms with Crippen LogP contribution in [0.15, 0.2) is 53.6 Å². The predicted octanol–water partition coefficient (Wildman–Crippen LogP) is 2.85. The molecule has 1 aliphatic heterocycles. The van der Waals surface area contributed by atoms with E-state index in [0.29, 0.717) is 17.1 Å². The summed E-state index contributed by atoms with van der Waals surface area (Å²) in [5.41, 5.74) is 3.83. The van der Waals surface area contributed by atoms with Crippen molar-refractivity contribution in [1.82, 2.24) is 5.43 Å². The minimum atomic E-state index is -0.324. The maximum absolute atomic E-state index is 12.0. The van der Waals surface area contributed by atoms with E-state index in [9.17, 15) is 4.79 Å². The van der Waals surface area contributed by atoms with Crippen LogP contribution >= 0.6 is 0 Å². The van der Waals surface area contributed by atoms with Crippen molar-refractivity contribution in [3.63, 3.8) is 0 Å². The van der Waals surface area contributed by atoms with E-state index in [1.807, 2.05) is 30.3 Å². The van der Waals surface area contributed by atoms with Gasteiger partial charge in [-0.3, -0.25) is 4.79 Å². The zero-order valence-electron chi connectivity index (χ0n) is 13.1. The van der Waals surface area contributed by atoms with Gasteiger partial charge in [0, 0.05) is 17.3 Å². The number of methoxy groups -OCH3 is 1. The van der Waals surface area contributed by atoms with Gasteiger partial charge in [0.25, 0.3) is 5.91 Å². The first kappa shape index (κ1) is 15.6. The molecule has 0 saturated carbocycles. The fraction of sp³-hybridized carbons (Fsp3) is 0.111. The maximum Gasteiger partial charge on any atom is 0.271 e. The van der Waals surface area contributed by atoms with E-state index < -0.39 is 0 Å². The highest BCUT2D eigenvalue weighted by atomic mass is 16.7. The van der Waals surface area contributed by atoms with Gasteiger partial charge in [-0.1, -0.05) is 18.2 Å². The van der Waals surface area contributed by atoms with Crippen LogP contribution in [0, 0.1) is 0 Å². The molecule has 1 N–H and O–H groups in total. The molecule has 0 unspecified atom stereocenters. The predicted molar refractivity (Wildman–Crippen MR) is 90.6 cm³/mol. The number of allylic oxidation sites excluding steroid dienone is 1. The molecule has 6 nitrogen and oxygen atoms in total. The SMILES string of the molecule is COc1ccccc1/C=C/C=N\NC(=O)c1ccc2c(c1)OCO2. The van der Waals surface area contributed by atoms with E-state index in [4.69, 9.17) is 14.2 Å². The number of fused-ring (bicyclic) bond motifs is 1. The van der Waals surface area contributed by atoms with Crippen LogP contribution in [-0.4, -0.2) is 26.0 Å². The van der Waals surface area contributed by atoms with Gasteiger partial charge in [-0.05, 0) is 36.4 Å². The van der Waals surface area contributed by atoms with Gasteiger partial charge >= 0.3 is 0 Å². The molecule has 0 spiro atoms. The van der Waals surface area contributed by atoms with Crippen LogP contribution in [0.2, 0.25) is 0 Å². The van der Waals surface area contributed by atoms with E-state index in [1.165, 1.54) is 6.21 Å². The molecule has 3 rings (SSSR count). The number of amides is 1. The molecule has 122 valence electrons. The number of carbonyl (C=O) groups is 1. The number of carbonyl (C=O) groups excluding carboxylic acids is 1. The first-order valence-electron chi connectivity index (χ1n) is 7.30. The van der Waals surface area contributed by atoms with Crippen molar-refractivity contribution < 1.29 is 19.0 Å². The van der Waals surface area contributed by atoms with Gasteiger partial charge < -0.3 is 14.2 Å². The van der Waals surface area contributed by atoms with Crippen molar-refractivity contribution in [3.8, 4) is 17.2 Å². The topological polar surface area (TPSA) is 69.2 Å². The number of hydrazone groups is 1. The van der Waals surface area contributed by atoms with Crippen LogP contribution in [0.4, 0.5) is 0 Å². The van der Waals surface area contributed by atoms with Gasteiger partial charge in [0.15, 0.2) is 11.5 Å². The average Bonchev–Trinajstić information content (AvgIpc) is 3.09. The molecule has 2 aromatic rings. The molecule has 0 radical (unpaired) electrons. The lowest BCUT2D eigenvalue weighted by atomic mass is 10.2. The Morgan fingerprint density at radius 3 is 2.92 bits per heavy atom. The Kier molecular flexibility index (Phi) is 4.76. The van der Waals surface area contributed by atoms with Crippen LogP contribution in [0.25, 0.3) is 6.08 Å². The molecule has 2 aromatic carbocycles. The number of benzene rings is 2. The molecule has 0 saturated heterocycles. The number of hydrogen-bond acceptors (Lipinski definition) is 5. The van der Waals surface area contributed by atoms with Gasteiger partial charge in [-0.15, -0.1) is 0 Å². The van der Waals surface area contributed by atoms with Crippen molar-refractivity contribution >= 4 is 18.2 Å². The Morgan fingerprint density at radius 1 is 1.21 bits per heavy atom. The number of rotatable bonds is 5. The zero-order chi connectivity index (χ0) is 16.8. The van der Waals surface area contributed by atoms with Crippen molar-refractivity contribution in [2.45, 2.75) is 0 Å². The number of ether oxygens (including phenoxy) is 3. The first-order valence-corrected chi connectivity index (χ1v) is 7.30. The van der Waals surface area contributed by atoms with E-state index >= 15 is 0 Å². The van der Waals surface area contributed by atoms with Crippen molar-refractivity contribution in [3.05, 3.63) is 59.7 Å². The summed E-state index contributed by atoms with van der Waals surface area (Å²) in [5.74, 6) is 1.64. The third-order valence-corrected chi connectivity index (χ3v) is 3.38. The molecule has 0 fully saturated rings. The van der Waals surface area contributed by atoms with Crippen molar-refractivity contribution in [2.24, 2.45) is 5.10 Å². The van der Waals surface area contributed by atoms with E-state index in [-0.39, 0.29) is 12.7 Å². The van der Waals surface area contributed by atoms with E-state index in [2.05, 4.69) is 10.5 Å². The second-order valence-electron chi connectivity index (χ2n) is 4.89. The molecule has 1 heterocycles. The lowest BCUT2D eigenvalue weighted by Crippen LogP contribution is -2.17. The normalized spacial score (nSPS) is 12.7. The zero-order valence-corrected chi connectivity index (χ0v) is 13.1. The smallest absolute Gasteiger partial charge is 0.271 e. The number of hydrogen-bond donors (Lipinski definition) is 1. The molecular weight excluding hydrogens is 308 g/mol. The molecule has 0 aromatic heterocycles. The van der Waals surface area contributed by atoms with Gasteiger partial charge in [0.05, 0.1) is 7.11 Å². The highest BCUT2D eigenvalue weighted by Crippen LogP contribution is 2.32. The van der Waals surface area contributed by atoms with E-state index in [0.717, 1.165) is 11.3 Å². The van der Waals surface area contributed by atoms with Crippen LogP contribution in [0.5, 0.6) is 17.2 Å². The second kappa shape index (κ2) is 7.32. The molecule has 0 bridgehead atoms. The molecular formula is C18H16N2O4. The monoisotopic (exact) mass is 324 g/mol. The minimum Gasteiger partial charge on any atom is -0.496 e. The van der Waals surface area contributed by atoms with Crippen molar-refractivity contribution in [1.29, 1.82) is 0 Å². The molecule has 6 heteroatoms. The molecule has 1 amide bonds.